The number of hydrogen-bond donors (Lipinski definition) is 2. The lowest BCUT2D eigenvalue weighted by Crippen LogP contribution is -2.37. The molecule has 1 amide bonds. The molecule has 1 unspecified atom stereocenters. The number of carboxylic acid groups (broad SMARTS) is 1. The number of nitrogens with zero attached hydrogens (tertiary/aromatic N) is 1. The second-order valence-corrected chi connectivity index (χ2v) is 4.19. The summed E-state index contributed by atoms with van der Waals surface area (Å²) in [5.74, 6) is -1.29. The lowest BCUT2D eigenvalue weighted by molar-refractivity contribution is -0.137. The van der Waals surface area contributed by atoms with Gasteiger partial charge in [-0.1, -0.05) is 19.4 Å². The predicted octanol–water partition coefficient (Wildman–Crippen LogP) is 0.780. The van der Waals surface area contributed by atoms with E-state index in [0.717, 1.165) is 6.42 Å². The molecule has 19 heavy (non-hydrogen) atoms. The Bertz CT molecular complexity index is 495. The molecular formula is C13H18N2O4. The average Bonchev–Trinajstić information content (AvgIpc) is 2.36. The minimum absolute atomic E-state index is 0.0654. The number of nitrogens with one attached hydrogen (secondary N) is 1. The zero-order valence-electron chi connectivity index (χ0n) is 10.8. The van der Waals surface area contributed by atoms with Crippen LogP contribution in [0.2, 0.25) is 0 Å². The average molecular weight is 266 g/mol. The van der Waals surface area contributed by atoms with E-state index < -0.39 is 12.0 Å². The van der Waals surface area contributed by atoms with Crippen molar-refractivity contribution in [3.05, 3.63) is 34.7 Å². The van der Waals surface area contributed by atoms with Gasteiger partial charge in [0.15, 0.2) is 0 Å². The molecule has 104 valence electrons. The molecule has 0 saturated heterocycles. The molecular weight excluding hydrogens is 248 g/mol. The molecule has 0 aliphatic rings. The summed E-state index contributed by atoms with van der Waals surface area (Å²) >= 11 is 0. The van der Waals surface area contributed by atoms with Crippen molar-refractivity contribution >= 4 is 11.9 Å². The van der Waals surface area contributed by atoms with Crippen LogP contribution in [0.4, 0.5) is 0 Å². The number of carbonyl (C=O) groups excluding carboxylic acids is 1. The summed E-state index contributed by atoms with van der Waals surface area (Å²) in [4.78, 5) is 34.1. The Morgan fingerprint density at radius 3 is 2.74 bits per heavy atom. The van der Waals surface area contributed by atoms with E-state index in [0.29, 0.717) is 6.42 Å². The van der Waals surface area contributed by atoms with Gasteiger partial charge in [-0.15, -0.1) is 0 Å². The van der Waals surface area contributed by atoms with Crippen molar-refractivity contribution in [2.75, 3.05) is 6.54 Å². The van der Waals surface area contributed by atoms with Crippen LogP contribution in [0.15, 0.2) is 29.2 Å². The normalized spacial score (nSPS) is 11.8. The Hall–Kier alpha value is -2.11. The first kappa shape index (κ1) is 14.9. The van der Waals surface area contributed by atoms with E-state index >= 15 is 0 Å². The summed E-state index contributed by atoms with van der Waals surface area (Å²) in [7, 11) is 0. The van der Waals surface area contributed by atoms with Crippen molar-refractivity contribution in [3.63, 3.8) is 0 Å². The van der Waals surface area contributed by atoms with Crippen molar-refractivity contribution in [2.45, 2.75) is 32.2 Å². The van der Waals surface area contributed by atoms with Crippen LogP contribution in [-0.4, -0.2) is 28.1 Å². The summed E-state index contributed by atoms with van der Waals surface area (Å²) in [6.07, 6.45) is 2.72. The fraction of sp³-hybridized carbons (Fsp3) is 0.462. The predicted molar refractivity (Wildman–Crippen MR) is 69.9 cm³/mol. The van der Waals surface area contributed by atoms with Crippen LogP contribution in [0.25, 0.3) is 0 Å². The smallest absolute Gasteiger partial charge is 0.305 e. The van der Waals surface area contributed by atoms with E-state index in [4.69, 9.17) is 5.11 Å². The van der Waals surface area contributed by atoms with E-state index in [2.05, 4.69) is 5.32 Å². The third-order valence-corrected chi connectivity index (χ3v) is 2.69. The molecule has 1 atom stereocenters. The number of aromatic nitrogens is 1. The third kappa shape index (κ3) is 4.57. The van der Waals surface area contributed by atoms with Crippen molar-refractivity contribution in [1.29, 1.82) is 0 Å². The number of hydrogen-bond acceptors (Lipinski definition) is 3. The Labute approximate surface area is 111 Å². The highest BCUT2D eigenvalue weighted by Gasteiger charge is 2.19. The number of carboxylic acids is 1. The van der Waals surface area contributed by atoms with Gasteiger partial charge in [-0.3, -0.25) is 14.4 Å². The Morgan fingerprint density at radius 1 is 1.42 bits per heavy atom. The number of aliphatic carboxylic acids is 1. The van der Waals surface area contributed by atoms with E-state index in [9.17, 15) is 14.4 Å². The minimum Gasteiger partial charge on any atom is -0.481 e. The molecule has 0 bridgehead atoms. The molecule has 1 heterocycles. The Kier molecular flexibility index (Phi) is 5.78. The van der Waals surface area contributed by atoms with E-state index in [1.54, 1.807) is 18.3 Å². The maximum absolute atomic E-state index is 12.0. The van der Waals surface area contributed by atoms with Gasteiger partial charge in [0.2, 0.25) is 5.91 Å². The molecule has 0 aromatic carbocycles. The fourth-order valence-corrected chi connectivity index (χ4v) is 1.78. The van der Waals surface area contributed by atoms with Gasteiger partial charge in [-0.25, -0.2) is 0 Å². The van der Waals surface area contributed by atoms with E-state index in [-0.39, 0.29) is 24.4 Å². The number of rotatable bonds is 7. The van der Waals surface area contributed by atoms with E-state index in [1.807, 2.05) is 6.92 Å². The third-order valence-electron chi connectivity index (χ3n) is 2.69. The molecule has 6 nitrogen and oxygen atoms in total. The highest BCUT2D eigenvalue weighted by Crippen LogP contribution is 2.11. The van der Waals surface area contributed by atoms with Crippen LogP contribution >= 0.6 is 0 Å². The monoisotopic (exact) mass is 266 g/mol. The minimum atomic E-state index is -0.968. The number of pyridine rings is 1. The first-order chi connectivity index (χ1) is 9.06. The first-order valence-electron chi connectivity index (χ1n) is 6.23. The van der Waals surface area contributed by atoms with Gasteiger partial charge in [-0.2, -0.15) is 0 Å². The summed E-state index contributed by atoms with van der Waals surface area (Å²) < 4.78 is 1.37. The first-order valence-corrected chi connectivity index (χ1v) is 6.23. The summed E-state index contributed by atoms with van der Waals surface area (Å²) in [6.45, 7) is 1.99. The molecule has 0 saturated carbocycles. The summed E-state index contributed by atoms with van der Waals surface area (Å²) in [5, 5.41) is 11.1. The highest BCUT2D eigenvalue weighted by molar-refractivity contribution is 5.80. The van der Waals surface area contributed by atoms with Crippen LogP contribution in [0.3, 0.4) is 0 Å². The van der Waals surface area contributed by atoms with Crippen LogP contribution in [-0.2, 0) is 9.59 Å². The lowest BCUT2D eigenvalue weighted by Gasteiger charge is -2.18. The number of carbonyl (C=O) groups is 2. The van der Waals surface area contributed by atoms with Gasteiger partial charge < -0.3 is 15.0 Å². The van der Waals surface area contributed by atoms with Crippen LogP contribution in [0.1, 0.15) is 32.2 Å². The number of amides is 1. The van der Waals surface area contributed by atoms with Gasteiger partial charge in [0.25, 0.3) is 5.56 Å². The molecule has 1 aromatic heterocycles. The van der Waals surface area contributed by atoms with Crippen molar-refractivity contribution in [3.8, 4) is 0 Å². The Balaban J connectivity index is 2.77. The van der Waals surface area contributed by atoms with E-state index in [1.165, 1.54) is 10.6 Å². The molecule has 0 fully saturated rings. The molecule has 1 rings (SSSR count). The second kappa shape index (κ2) is 7.35. The van der Waals surface area contributed by atoms with Gasteiger partial charge in [0.1, 0.15) is 6.04 Å². The van der Waals surface area contributed by atoms with Crippen molar-refractivity contribution in [1.82, 2.24) is 9.88 Å². The Morgan fingerprint density at radius 2 is 2.16 bits per heavy atom. The molecule has 0 aliphatic heterocycles. The lowest BCUT2D eigenvalue weighted by atomic mass is 10.1. The van der Waals surface area contributed by atoms with Gasteiger partial charge in [0.05, 0.1) is 6.42 Å². The second-order valence-electron chi connectivity index (χ2n) is 4.19. The quantitative estimate of drug-likeness (QED) is 0.763. The summed E-state index contributed by atoms with van der Waals surface area (Å²) in [5.41, 5.74) is -0.241. The zero-order valence-corrected chi connectivity index (χ0v) is 10.8. The van der Waals surface area contributed by atoms with Crippen LogP contribution < -0.4 is 10.9 Å². The largest absolute Gasteiger partial charge is 0.481 e. The summed E-state index contributed by atoms with van der Waals surface area (Å²) in [6, 6.07) is 4.11. The van der Waals surface area contributed by atoms with Crippen LogP contribution in [0.5, 0.6) is 0 Å². The highest BCUT2D eigenvalue weighted by atomic mass is 16.4. The standard InChI is InChI=1S/C13H18N2O4/c1-2-5-10(13(19)14-8-7-12(17)18)15-9-4-3-6-11(15)16/h3-4,6,9-10H,2,5,7-8H2,1H3,(H,14,19)(H,17,18). The molecule has 2 N–H and O–H groups in total. The van der Waals surface area contributed by atoms with Crippen molar-refractivity contribution < 1.29 is 14.7 Å². The van der Waals surface area contributed by atoms with Gasteiger partial charge in [-0.05, 0) is 12.5 Å². The fourth-order valence-electron chi connectivity index (χ4n) is 1.78. The van der Waals surface area contributed by atoms with Crippen molar-refractivity contribution in [2.24, 2.45) is 0 Å². The molecule has 1 aromatic rings. The molecule has 0 aliphatic carbocycles. The molecule has 6 heteroatoms. The maximum Gasteiger partial charge on any atom is 0.305 e. The molecule has 0 radical (unpaired) electrons. The van der Waals surface area contributed by atoms with Crippen LogP contribution in [0, 0.1) is 0 Å². The molecule has 0 spiro atoms. The van der Waals surface area contributed by atoms with Gasteiger partial charge in [0, 0.05) is 18.8 Å². The topological polar surface area (TPSA) is 88.4 Å². The SMILES string of the molecule is CCCC(C(=O)NCCC(=O)O)n1ccccc1=O. The zero-order chi connectivity index (χ0) is 14.3. The maximum atomic E-state index is 12.0. The van der Waals surface area contributed by atoms with Gasteiger partial charge >= 0.3 is 5.97 Å².